The fourth-order valence-electron chi connectivity index (χ4n) is 4.52. The van der Waals surface area contributed by atoms with E-state index in [1.807, 2.05) is 4.90 Å². The Hall–Kier alpha value is -2.74. The Kier molecular flexibility index (Phi) is 5.83. The van der Waals surface area contributed by atoms with E-state index in [9.17, 15) is 13.2 Å². The molecule has 0 saturated carbocycles. The van der Waals surface area contributed by atoms with Crippen molar-refractivity contribution in [2.24, 2.45) is 0 Å². The highest BCUT2D eigenvalue weighted by molar-refractivity contribution is 7.92. The van der Waals surface area contributed by atoms with Gasteiger partial charge >= 0.3 is 0 Å². The molecule has 166 valence electrons. The number of fused-ring (bicyclic) bond motifs is 2. The molecule has 0 bridgehead atoms. The topological polar surface area (TPSA) is 84.9 Å². The van der Waals surface area contributed by atoms with E-state index < -0.39 is 10.0 Å². The minimum absolute atomic E-state index is 0.100. The molecule has 0 aliphatic carbocycles. The highest BCUT2D eigenvalue weighted by Crippen LogP contribution is 2.32. The molecule has 0 spiro atoms. The molecular weight excluding hydrogens is 416 g/mol. The number of rotatable bonds is 4. The number of ether oxygens (including phenoxy) is 2. The molecule has 0 aromatic heterocycles. The molecular formula is C23H28N2O5S. The Morgan fingerprint density at radius 1 is 1.10 bits per heavy atom. The molecule has 4 rings (SSSR count). The number of piperidine rings is 1. The first-order valence-electron chi connectivity index (χ1n) is 10.6. The summed E-state index contributed by atoms with van der Waals surface area (Å²) in [5.74, 6) is 1.06. The lowest BCUT2D eigenvalue weighted by atomic mass is 9.97. The van der Waals surface area contributed by atoms with Gasteiger partial charge in [0, 0.05) is 24.7 Å². The third kappa shape index (κ3) is 4.21. The number of anilines is 1. The van der Waals surface area contributed by atoms with E-state index in [4.69, 9.17) is 9.47 Å². The van der Waals surface area contributed by atoms with Crippen LogP contribution in [-0.4, -0.2) is 45.5 Å². The van der Waals surface area contributed by atoms with E-state index >= 15 is 0 Å². The molecule has 8 heteroatoms. The van der Waals surface area contributed by atoms with Crippen LogP contribution in [0.15, 0.2) is 35.2 Å². The quantitative estimate of drug-likeness (QED) is 0.773. The van der Waals surface area contributed by atoms with Crippen molar-refractivity contribution in [2.75, 3.05) is 25.0 Å². The summed E-state index contributed by atoms with van der Waals surface area (Å²) in [6.45, 7) is 4.88. The van der Waals surface area contributed by atoms with Gasteiger partial charge in [-0.2, -0.15) is 0 Å². The Morgan fingerprint density at radius 3 is 2.55 bits per heavy atom. The average Bonchev–Trinajstić information content (AvgIpc) is 2.73. The van der Waals surface area contributed by atoms with Gasteiger partial charge in [0.1, 0.15) is 11.5 Å². The van der Waals surface area contributed by atoms with Crippen LogP contribution in [0.3, 0.4) is 0 Å². The van der Waals surface area contributed by atoms with Crippen LogP contribution < -0.4 is 14.2 Å². The number of benzene rings is 2. The number of carbonyl (C=O) groups excluding carboxylic acids is 1. The highest BCUT2D eigenvalue weighted by atomic mass is 32.2. The van der Waals surface area contributed by atoms with E-state index in [1.54, 1.807) is 51.3 Å². The smallest absolute Gasteiger partial charge is 0.261 e. The fraction of sp³-hybridized carbons (Fsp3) is 0.435. The Balaban J connectivity index is 1.65. The van der Waals surface area contributed by atoms with Gasteiger partial charge < -0.3 is 14.4 Å². The number of methoxy groups -OCH3 is 1. The molecule has 1 fully saturated rings. The summed E-state index contributed by atoms with van der Waals surface area (Å²) in [6.07, 6.45) is 3.89. The summed E-state index contributed by atoms with van der Waals surface area (Å²) in [5, 5.41) is 0. The van der Waals surface area contributed by atoms with Gasteiger partial charge in [-0.3, -0.25) is 9.52 Å². The first-order valence-corrected chi connectivity index (χ1v) is 12.0. The number of nitrogens with zero attached hydrogens (tertiary/aromatic N) is 1. The summed E-state index contributed by atoms with van der Waals surface area (Å²) < 4.78 is 39.8. The number of hydrogen-bond acceptors (Lipinski definition) is 5. The van der Waals surface area contributed by atoms with Crippen LogP contribution in [0.5, 0.6) is 11.5 Å². The van der Waals surface area contributed by atoms with Crippen LogP contribution >= 0.6 is 0 Å². The van der Waals surface area contributed by atoms with Crippen LogP contribution in [-0.2, 0) is 10.0 Å². The van der Waals surface area contributed by atoms with Crippen LogP contribution in [0.2, 0.25) is 0 Å². The van der Waals surface area contributed by atoms with E-state index in [1.165, 1.54) is 0 Å². The molecule has 2 heterocycles. The van der Waals surface area contributed by atoms with Gasteiger partial charge in [0.2, 0.25) is 0 Å². The van der Waals surface area contributed by atoms with Crippen LogP contribution in [0.1, 0.15) is 47.2 Å². The first-order chi connectivity index (χ1) is 14.8. The average molecular weight is 445 g/mol. The predicted octanol–water partition coefficient (Wildman–Crippen LogP) is 3.89. The van der Waals surface area contributed by atoms with Gasteiger partial charge in [-0.05, 0) is 74.6 Å². The van der Waals surface area contributed by atoms with E-state index in [-0.39, 0.29) is 16.8 Å². The molecule has 2 aliphatic rings. The summed E-state index contributed by atoms with van der Waals surface area (Å²) in [4.78, 5) is 15.3. The number of sulfonamides is 1. The monoisotopic (exact) mass is 444 g/mol. The van der Waals surface area contributed by atoms with Crippen molar-refractivity contribution in [1.29, 1.82) is 0 Å². The number of aryl methyl sites for hydroxylation is 2. The minimum atomic E-state index is -3.84. The second kappa shape index (κ2) is 8.42. The number of carbonyl (C=O) groups is 1. The number of amides is 1. The zero-order valence-corrected chi connectivity index (χ0v) is 18.9. The van der Waals surface area contributed by atoms with Crippen LogP contribution in [0.4, 0.5) is 5.69 Å². The van der Waals surface area contributed by atoms with Crippen LogP contribution in [0, 0.1) is 13.8 Å². The first kappa shape index (κ1) is 21.5. The second-order valence-electron chi connectivity index (χ2n) is 8.19. The van der Waals surface area contributed by atoms with E-state index in [2.05, 4.69) is 4.72 Å². The number of hydrogen-bond donors (Lipinski definition) is 1. The number of nitrogens with one attached hydrogen (secondary N) is 1. The van der Waals surface area contributed by atoms with Gasteiger partial charge in [0.05, 0.1) is 24.2 Å². The van der Waals surface area contributed by atoms with Crippen molar-refractivity contribution in [3.63, 3.8) is 0 Å². The van der Waals surface area contributed by atoms with E-state index in [0.29, 0.717) is 29.4 Å². The normalized spacial score (nSPS) is 18.9. The standard InChI is InChI=1S/C23H28N2O5S/c1-15-12-19(13-16(2)22(15)29-3)31(27,28)24-17-7-8-21-20(14-17)23(26)25-10-5-4-6-18(25)9-11-30-21/h7-8,12-14,18,24H,4-6,9-11H2,1-3H3. The van der Waals surface area contributed by atoms with Gasteiger partial charge in [0.25, 0.3) is 15.9 Å². The maximum Gasteiger partial charge on any atom is 0.261 e. The zero-order valence-electron chi connectivity index (χ0n) is 18.1. The second-order valence-corrected chi connectivity index (χ2v) is 9.87. The van der Waals surface area contributed by atoms with Crippen LogP contribution in [0.25, 0.3) is 0 Å². The predicted molar refractivity (Wildman–Crippen MR) is 119 cm³/mol. The molecule has 7 nitrogen and oxygen atoms in total. The van der Waals surface area contributed by atoms with Crippen molar-refractivity contribution in [1.82, 2.24) is 4.90 Å². The Bertz CT molecular complexity index is 1090. The van der Waals surface area contributed by atoms with Crippen molar-refractivity contribution in [3.05, 3.63) is 47.0 Å². The summed E-state index contributed by atoms with van der Waals surface area (Å²) in [7, 11) is -2.28. The molecule has 2 aliphatic heterocycles. The summed E-state index contributed by atoms with van der Waals surface area (Å²) >= 11 is 0. The summed E-state index contributed by atoms with van der Waals surface area (Å²) in [5.41, 5.74) is 2.20. The zero-order chi connectivity index (χ0) is 22.2. The molecule has 1 amide bonds. The fourth-order valence-corrected chi connectivity index (χ4v) is 5.73. The Morgan fingerprint density at radius 2 is 1.84 bits per heavy atom. The largest absolute Gasteiger partial charge is 0.496 e. The lowest BCUT2D eigenvalue weighted by Crippen LogP contribution is -2.45. The van der Waals surface area contributed by atoms with Gasteiger partial charge in [-0.15, -0.1) is 0 Å². The molecule has 31 heavy (non-hydrogen) atoms. The third-order valence-corrected chi connectivity index (χ3v) is 7.37. The molecule has 1 N–H and O–H groups in total. The van der Waals surface area contributed by atoms with Gasteiger partial charge in [-0.1, -0.05) is 0 Å². The maximum absolute atomic E-state index is 13.2. The molecule has 1 saturated heterocycles. The van der Waals surface area contributed by atoms with Crippen molar-refractivity contribution in [2.45, 2.75) is 50.5 Å². The lowest BCUT2D eigenvalue weighted by Gasteiger charge is -2.37. The molecule has 2 aromatic rings. The highest BCUT2D eigenvalue weighted by Gasteiger charge is 2.31. The van der Waals surface area contributed by atoms with Crippen molar-refractivity contribution >= 4 is 21.6 Å². The molecule has 0 radical (unpaired) electrons. The SMILES string of the molecule is COc1c(C)cc(S(=O)(=O)Nc2ccc3c(c2)C(=O)N2CCCCC2CCO3)cc1C. The molecule has 2 aromatic carbocycles. The third-order valence-electron chi connectivity index (χ3n) is 6.01. The van der Waals surface area contributed by atoms with Crippen molar-refractivity contribution in [3.8, 4) is 11.5 Å². The van der Waals surface area contributed by atoms with Gasteiger partial charge in [-0.25, -0.2) is 8.42 Å². The van der Waals surface area contributed by atoms with Crippen molar-refractivity contribution < 1.29 is 22.7 Å². The summed E-state index contributed by atoms with van der Waals surface area (Å²) in [6, 6.07) is 8.21. The van der Waals surface area contributed by atoms with E-state index in [0.717, 1.165) is 43.4 Å². The molecule has 1 unspecified atom stereocenters. The van der Waals surface area contributed by atoms with Gasteiger partial charge in [0.15, 0.2) is 0 Å². The Labute approximate surface area is 183 Å². The lowest BCUT2D eigenvalue weighted by molar-refractivity contribution is 0.0548. The maximum atomic E-state index is 13.2. The minimum Gasteiger partial charge on any atom is -0.496 e. The molecule has 1 atom stereocenters.